The molecule has 0 rings (SSSR count). The molecule has 0 aliphatic rings. The van der Waals surface area contributed by atoms with E-state index in [2.05, 4.69) is 55.2 Å². The van der Waals surface area contributed by atoms with Gasteiger partial charge in [0.1, 0.15) is 0 Å². The first-order valence-corrected chi connectivity index (χ1v) is 5.37. The highest BCUT2D eigenvalue weighted by Crippen LogP contribution is 2.14. The largest absolute Gasteiger partial charge is 0.436 e. The highest BCUT2D eigenvalue weighted by molar-refractivity contribution is 7.15. The maximum atomic E-state index is 5.82. The van der Waals surface area contributed by atoms with Crippen LogP contribution in [0.5, 0.6) is 0 Å². The lowest BCUT2D eigenvalue weighted by atomic mass is 9.28. The Hall–Kier alpha value is 0.0499. The molecule has 0 unspecified atom stereocenters. The van der Waals surface area contributed by atoms with E-state index in [0.717, 1.165) is 0 Å². The van der Waals surface area contributed by atoms with Gasteiger partial charge in [-0.3, -0.25) is 0 Å². The van der Waals surface area contributed by atoms with Crippen LogP contribution in [-0.2, 0) is 9.31 Å². The van der Waals surface area contributed by atoms with Crippen molar-refractivity contribution in [1.29, 1.82) is 0 Å². The topological polar surface area (TPSA) is 18.5 Å². The molecule has 0 heterocycles. The Morgan fingerprint density at radius 2 is 0.857 bits per heavy atom. The number of rotatable bonds is 3. The summed E-state index contributed by atoms with van der Waals surface area (Å²) < 4.78 is 11.6. The van der Waals surface area contributed by atoms with E-state index in [1.165, 1.54) is 0 Å². The van der Waals surface area contributed by atoms with Crippen LogP contribution in [0.4, 0.5) is 0 Å². The summed E-state index contributed by atoms with van der Waals surface area (Å²) in [6.45, 7) is 16.7. The SMILES string of the molecule is CB(OC(C)(C)C)B(C)OC(C)(C)C. The highest BCUT2D eigenvalue weighted by atomic mass is 16.5. The third-order valence-corrected chi connectivity index (χ3v) is 1.74. The van der Waals surface area contributed by atoms with Crippen molar-refractivity contribution in [2.45, 2.75) is 66.4 Å². The summed E-state index contributed by atoms with van der Waals surface area (Å²) in [5, 5.41) is 0. The van der Waals surface area contributed by atoms with Crippen LogP contribution in [0, 0.1) is 0 Å². The normalized spacial score (nSPS) is 12.9. The maximum absolute atomic E-state index is 5.82. The smallest absolute Gasteiger partial charge is 0.289 e. The van der Waals surface area contributed by atoms with Crippen molar-refractivity contribution in [1.82, 2.24) is 0 Å². The summed E-state index contributed by atoms with van der Waals surface area (Å²) in [7, 11) is 0. The van der Waals surface area contributed by atoms with Gasteiger partial charge in [0.05, 0.1) is 0 Å². The number of hydrogen-bond acceptors (Lipinski definition) is 2. The lowest BCUT2D eigenvalue weighted by molar-refractivity contribution is 0.115. The first kappa shape index (κ1) is 14.0. The Morgan fingerprint density at radius 1 is 0.643 bits per heavy atom. The van der Waals surface area contributed by atoms with E-state index in [-0.39, 0.29) is 24.8 Å². The fraction of sp³-hybridized carbons (Fsp3) is 1.00. The van der Waals surface area contributed by atoms with Gasteiger partial charge in [0, 0.05) is 11.2 Å². The Balaban J connectivity index is 4.07. The molecule has 14 heavy (non-hydrogen) atoms. The van der Waals surface area contributed by atoms with Gasteiger partial charge in [0.2, 0.25) is 0 Å². The second kappa shape index (κ2) is 4.71. The van der Waals surface area contributed by atoms with Gasteiger partial charge in [-0.2, -0.15) is 0 Å². The van der Waals surface area contributed by atoms with Crippen molar-refractivity contribution in [3.05, 3.63) is 0 Å². The van der Waals surface area contributed by atoms with Crippen molar-refractivity contribution in [3.8, 4) is 0 Å². The van der Waals surface area contributed by atoms with Gasteiger partial charge < -0.3 is 9.31 Å². The van der Waals surface area contributed by atoms with E-state index in [9.17, 15) is 0 Å². The van der Waals surface area contributed by atoms with Gasteiger partial charge >= 0.3 is 0 Å². The van der Waals surface area contributed by atoms with Gasteiger partial charge in [-0.05, 0) is 41.5 Å². The van der Waals surface area contributed by atoms with Crippen molar-refractivity contribution in [2.24, 2.45) is 0 Å². The molecule has 82 valence electrons. The molecule has 0 aromatic heterocycles. The van der Waals surface area contributed by atoms with Gasteiger partial charge in [-0.15, -0.1) is 0 Å². The van der Waals surface area contributed by atoms with Crippen molar-refractivity contribution < 1.29 is 9.31 Å². The van der Waals surface area contributed by atoms with Crippen LogP contribution < -0.4 is 0 Å². The monoisotopic (exact) mass is 198 g/mol. The Morgan fingerprint density at radius 3 is 1.00 bits per heavy atom. The molecular weight excluding hydrogens is 174 g/mol. The minimum absolute atomic E-state index is 0.102. The van der Waals surface area contributed by atoms with Crippen LogP contribution in [0.15, 0.2) is 0 Å². The first-order chi connectivity index (χ1) is 6.01. The lowest BCUT2D eigenvalue weighted by Crippen LogP contribution is -2.44. The molecule has 0 aliphatic carbocycles. The average Bonchev–Trinajstić information content (AvgIpc) is 1.78. The molecule has 0 saturated carbocycles. The molecule has 0 aliphatic heterocycles. The Labute approximate surface area is 89.9 Å². The van der Waals surface area contributed by atoms with E-state index in [1.807, 2.05) is 0 Å². The van der Waals surface area contributed by atoms with Crippen molar-refractivity contribution in [2.75, 3.05) is 0 Å². The van der Waals surface area contributed by atoms with Gasteiger partial charge in [0.15, 0.2) is 0 Å². The molecule has 2 nitrogen and oxygen atoms in total. The van der Waals surface area contributed by atoms with E-state index in [0.29, 0.717) is 0 Å². The minimum Gasteiger partial charge on any atom is -0.436 e. The van der Waals surface area contributed by atoms with Crippen LogP contribution in [-0.4, -0.2) is 24.8 Å². The second-order valence-corrected chi connectivity index (χ2v) is 5.87. The van der Waals surface area contributed by atoms with Crippen LogP contribution in [0.3, 0.4) is 0 Å². The van der Waals surface area contributed by atoms with Crippen LogP contribution >= 0.6 is 0 Å². The fourth-order valence-corrected chi connectivity index (χ4v) is 1.31. The summed E-state index contributed by atoms with van der Waals surface area (Å²) >= 11 is 0. The number of hydrogen-bond donors (Lipinski definition) is 0. The van der Waals surface area contributed by atoms with Crippen LogP contribution in [0.2, 0.25) is 13.6 Å². The van der Waals surface area contributed by atoms with Gasteiger partial charge in [-0.1, -0.05) is 13.6 Å². The quantitative estimate of drug-likeness (QED) is 0.649. The molecule has 0 atom stereocenters. The fourth-order valence-electron chi connectivity index (χ4n) is 1.31. The molecule has 0 fully saturated rings. The van der Waals surface area contributed by atoms with E-state index >= 15 is 0 Å². The summed E-state index contributed by atoms with van der Waals surface area (Å²) in [6.07, 6.45) is 0. The van der Waals surface area contributed by atoms with Gasteiger partial charge in [0.25, 0.3) is 13.6 Å². The third-order valence-electron chi connectivity index (χ3n) is 1.74. The minimum atomic E-state index is -0.102. The zero-order valence-corrected chi connectivity index (χ0v) is 11.0. The van der Waals surface area contributed by atoms with Gasteiger partial charge in [-0.25, -0.2) is 0 Å². The second-order valence-electron chi connectivity index (χ2n) is 5.87. The van der Waals surface area contributed by atoms with Crippen LogP contribution in [0.1, 0.15) is 41.5 Å². The third kappa shape index (κ3) is 7.45. The zero-order valence-electron chi connectivity index (χ0n) is 11.0. The molecular formula is C10H24B2O2. The van der Waals surface area contributed by atoms with E-state index in [1.54, 1.807) is 0 Å². The molecule has 0 spiro atoms. The molecule has 0 aromatic rings. The summed E-state index contributed by atoms with van der Waals surface area (Å²) in [5.41, 5.74) is -0.205. The van der Waals surface area contributed by atoms with E-state index in [4.69, 9.17) is 9.31 Å². The highest BCUT2D eigenvalue weighted by Gasteiger charge is 2.31. The van der Waals surface area contributed by atoms with Crippen molar-refractivity contribution >= 4 is 13.6 Å². The molecule has 4 heteroatoms. The first-order valence-electron chi connectivity index (χ1n) is 5.37. The average molecular weight is 198 g/mol. The predicted molar refractivity (Wildman–Crippen MR) is 64.9 cm³/mol. The molecule has 0 amide bonds. The summed E-state index contributed by atoms with van der Waals surface area (Å²) in [5.74, 6) is 0. The van der Waals surface area contributed by atoms with Crippen molar-refractivity contribution in [3.63, 3.8) is 0 Å². The predicted octanol–water partition coefficient (Wildman–Crippen LogP) is 2.94. The molecule has 0 radical (unpaired) electrons. The zero-order chi connectivity index (χ0) is 11.6. The van der Waals surface area contributed by atoms with Crippen LogP contribution in [0.25, 0.3) is 0 Å². The molecule has 0 bridgehead atoms. The lowest BCUT2D eigenvalue weighted by Gasteiger charge is -2.30. The maximum Gasteiger partial charge on any atom is 0.289 e. The Bertz CT molecular complexity index is 150. The molecule has 0 N–H and O–H groups in total. The van der Waals surface area contributed by atoms with E-state index < -0.39 is 0 Å². The molecule has 0 saturated heterocycles. The molecule has 0 aromatic carbocycles. The standard InChI is InChI=1S/C10H24B2O2/c1-9(2,3)13-11(7)12(8)14-10(4,5)6/h1-8H3. The summed E-state index contributed by atoms with van der Waals surface area (Å²) in [6, 6.07) is 0. The Kier molecular flexibility index (Phi) is 4.73. The summed E-state index contributed by atoms with van der Waals surface area (Å²) in [4.78, 5) is 0.